The van der Waals surface area contributed by atoms with E-state index in [9.17, 15) is 9.59 Å². The highest BCUT2D eigenvalue weighted by Gasteiger charge is 2.12. The van der Waals surface area contributed by atoms with Crippen molar-refractivity contribution in [1.82, 2.24) is 10.9 Å². The molecule has 0 aliphatic rings. The summed E-state index contributed by atoms with van der Waals surface area (Å²) in [6.45, 7) is 0. The summed E-state index contributed by atoms with van der Waals surface area (Å²) in [6.07, 6.45) is 0. The Morgan fingerprint density at radius 2 is 1.15 bits per heavy atom. The van der Waals surface area contributed by atoms with Crippen LogP contribution in [-0.4, -0.2) is 31.3 Å². The lowest BCUT2D eigenvalue weighted by molar-refractivity contribution is 0.0593. The maximum absolute atomic E-state index is 11.7. The molecular formula is C17H18N4O4S. The van der Waals surface area contributed by atoms with Crippen LogP contribution < -0.4 is 21.7 Å². The number of nitrogens with one attached hydrogen (secondary N) is 4. The molecule has 2 aromatic rings. The molecule has 0 atom stereocenters. The molecule has 0 saturated heterocycles. The number of esters is 2. The number of methoxy groups -OCH3 is 2. The van der Waals surface area contributed by atoms with E-state index in [0.29, 0.717) is 22.5 Å². The van der Waals surface area contributed by atoms with Gasteiger partial charge in [0.25, 0.3) is 0 Å². The van der Waals surface area contributed by atoms with Crippen LogP contribution in [0, 0.1) is 0 Å². The van der Waals surface area contributed by atoms with E-state index in [1.807, 2.05) is 0 Å². The summed E-state index contributed by atoms with van der Waals surface area (Å²) in [5.41, 5.74) is 12.8. The average Bonchev–Trinajstić information content (AvgIpc) is 2.69. The molecular weight excluding hydrogens is 356 g/mol. The van der Waals surface area contributed by atoms with Gasteiger partial charge >= 0.3 is 11.9 Å². The van der Waals surface area contributed by atoms with E-state index in [4.69, 9.17) is 21.7 Å². The molecule has 0 unspecified atom stereocenters. The number of hydrogen-bond acceptors (Lipinski definition) is 7. The first-order chi connectivity index (χ1) is 12.6. The third-order valence-electron chi connectivity index (χ3n) is 3.29. The number of hydrazine groups is 2. The van der Waals surface area contributed by atoms with Crippen LogP contribution in [-0.2, 0) is 9.47 Å². The summed E-state index contributed by atoms with van der Waals surface area (Å²) in [5.74, 6) is -0.946. The van der Waals surface area contributed by atoms with Gasteiger partial charge in [0.15, 0.2) is 0 Å². The molecule has 0 fully saturated rings. The predicted octanol–water partition coefficient (Wildman–Crippen LogP) is 2.08. The van der Waals surface area contributed by atoms with Crippen molar-refractivity contribution in [3.63, 3.8) is 0 Å². The smallest absolute Gasteiger partial charge is 0.340 e. The Hall–Kier alpha value is -3.33. The molecule has 8 nitrogen and oxygen atoms in total. The van der Waals surface area contributed by atoms with E-state index in [0.717, 1.165) is 0 Å². The third kappa shape index (κ3) is 4.84. The molecule has 4 N–H and O–H groups in total. The van der Waals surface area contributed by atoms with Gasteiger partial charge in [0.2, 0.25) is 5.11 Å². The molecule has 0 saturated carbocycles. The Balaban J connectivity index is 1.95. The zero-order chi connectivity index (χ0) is 18.9. The van der Waals surface area contributed by atoms with Crippen LogP contribution in [0.1, 0.15) is 20.7 Å². The summed E-state index contributed by atoms with van der Waals surface area (Å²) >= 11 is 5.15. The minimum atomic E-state index is -0.473. The lowest BCUT2D eigenvalue weighted by Gasteiger charge is -2.16. The van der Waals surface area contributed by atoms with Gasteiger partial charge in [0.1, 0.15) is 0 Å². The number of carbonyl (C=O) groups is 2. The first-order valence-electron chi connectivity index (χ1n) is 7.49. The van der Waals surface area contributed by atoms with Crippen LogP contribution >= 0.6 is 12.2 Å². The van der Waals surface area contributed by atoms with E-state index in [1.165, 1.54) is 14.2 Å². The van der Waals surface area contributed by atoms with Gasteiger partial charge in [-0.2, -0.15) is 0 Å². The number of benzene rings is 2. The molecule has 0 bridgehead atoms. The molecule has 0 aliphatic heterocycles. The fourth-order valence-corrected chi connectivity index (χ4v) is 2.14. The van der Waals surface area contributed by atoms with Gasteiger partial charge in [-0.1, -0.05) is 24.3 Å². The van der Waals surface area contributed by atoms with Crippen molar-refractivity contribution in [3.8, 4) is 0 Å². The minimum Gasteiger partial charge on any atom is -0.465 e. The molecule has 0 aromatic heterocycles. The Morgan fingerprint density at radius 3 is 1.54 bits per heavy atom. The van der Waals surface area contributed by atoms with E-state index < -0.39 is 11.9 Å². The number of thiocarbonyl (C=S) groups is 1. The fraction of sp³-hybridized carbons (Fsp3) is 0.118. The normalized spacial score (nSPS) is 9.62. The van der Waals surface area contributed by atoms with Gasteiger partial charge in [-0.25, -0.2) is 9.59 Å². The van der Waals surface area contributed by atoms with Crippen molar-refractivity contribution in [2.45, 2.75) is 0 Å². The van der Waals surface area contributed by atoms with Crippen LogP contribution in [0.3, 0.4) is 0 Å². The second-order valence-corrected chi connectivity index (χ2v) is 5.31. The Kier molecular flexibility index (Phi) is 6.75. The van der Waals surface area contributed by atoms with Crippen LogP contribution in [0.15, 0.2) is 48.5 Å². The number of rotatable bonds is 6. The van der Waals surface area contributed by atoms with E-state index in [1.54, 1.807) is 48.5 Å². The molecule has 0 heterocycles. The zero-order valence-electron chi connectivity index (χ0n) is 14.2. The number of carbonyl (C=O) groups excluding carboxylic acids is 2. The van der Waals surface area contributed by atoms with Crippen molar-refractivity contribution >= 4 is 40.6 Å². The number of ether oxygens (including phenoxy) is 2. The van der Waals surface area contributed by atoms with E-state index >= 15 is 0 Å². The number of anilines is 2. The number of hydrogen-bond donors (Lipinski definition) is 4. The third-order valence-corrected chi connectivity index (χ3v) is 3.49. The van der Waals surface area contributed by atoms with Gasteiger partial charge in [-0.3, -0.25) is 21.7 Å². The lowest BCUT2D eigenvalue weighted by Crippen LogP contribution is -2.42. The molecule has 0 spiro atoms. The standard InChI is InChI=1S/C17H18N4O4S/c1-24-15(22)11-7-3-5-9-13(11)18-20-17(26)21-19-14-10-6-4-8-12(14)16(23)25-2/h3-10,18-19H,1-2H3,(H2,20,21,26). The molecule has 9 heteroatoms. The van der Waals surface area contributed by atoms with Gasteiger partial charge in [-0.15, -0.1) is 0 Å². The molecule has 136 valence electrons. The maximum atomic E-state index is 11.7. The first kappa shape index (κ1) is 19.0. The van der Waals surface area contributed by atoms with Crippen molar-refractivity contribution in [2.75, 3.05) is 25.1 Å². The molecule has 0 amide bonds. The van der Waals surface area contributed by atoms with Crippen LogP contribution in [0.4, 0.5) is 11.4 Å². The highest BCUT2D eigenvalue weighted by molar-refractivity contribution is 7.80. The zero-order valence-corrected chi connectivity index (χ0v) is 15.0. The average molecular weight is 374 g/mol. The van der Waals surface area contributed by atoms with Crippen LogP contribution in [0.2, 0.25) is 0 Å². The molecule has 2 rings (SSSR count). The van der Waals surface area contributed by atoms with Gasteiger partial charge < -0.3 is 9.47 Å². The molecule has 2 aromatic carbocycles. The lowest BCUT2D eigenvalue weighted by atomic mass is 10.2. The summed E-state index contributed by atoms with van der Waals surface area (Å²) in [4.78, 5) is 23.4. The predicted molar refractivity (Wildman–Crippen MR) is 102 cm³/mol. The highest BCUT2D eigenvalue weighted by Crippen LogP contribution is 2.16. The topological polar surface area (TPSA) is 101 Å². The van der Waals surface area contributed by atoms with Crippen LogP contribution in [0.5, 0.6) is 0 Å². The largest absolute Gasteiger partial charge is 0.465 e. The number of para-hydroxylation sites is 2. The summed E-state index contributed by atoms with van der Waals surface area (Å²) in [5, 5.41) is 0.185. The van der Waals surface area contributed by atoms with Crippen LogP contribution in [0.25, 0.3) is 0 Å². The molecule has 0 aliphatic carbocycles. The minimum absolute atomic E-state index is 0.185. The van der Waals surface area contributed by atoms with E-state index in [2.05, 4.69) is 21.7 Å². The van der Waals surface area contributed by atoms with Gasteiger partial charge in [-0.05, 0) is 36.5 Å². The Bertz CT molecular complexity index is 747. The van der Waals surface area contributed by atoms with Crippen molar-refractivity contribution in [2.24, 2.45) is 0 Å². The molecule has 26 heavy (non-hydrogen) atoms. The quantitative estimate of drug-likeness (QED) is 0.344. The van der Waals surface area contributed by atoms with Gasteiger partial charge in [0, 0.05) is 0 Å². The van der Waals surface area contributed by atoms with Gasteiger partial charge in [0.05, 0.1) is 36.7 Å². The molecule has 0 radical (unpaired) electrons. The summed E-state index contributed by atoms with van der Waals surface area (Å²) in [7, 11) is 2.61. The van der Waals surface area contributed by atoms with E-state index in [-0.39, 0.29) is 5.11 Å². The Morgan fingerprint density at radius 1 is 0.769 bits per heavy atom. The summed E-state index contributed by atoms with van der Waals surface area (Å²) in [6, 6.07) is 13.6. The fourth-order valence-electron chi connectivity index (χ4n) is 2.04. The van der Waals surface area contributed by atoms with Crippen molar-refractivity contribution < 1.29 is 19.1 Å². The second kappa shape index (κ2) is 9.23. The summed E-state index contributed by atoms with van der Waals surface area (Å²) < 4.78 is 9.45. The first-order valence-corrected chi connectivity index (χ1v) is 7.90. The second-order valence-electron chi connectivity index (χ2n) is 4.90. The van der Waals surface area contributed by atoms with Crippen molar-refractivity contribution in [3.05, 3.63) is 59.7 Å². The SMILES string of the molecule is COC(=O)c1ccccc1NNC(=S)NNc1ccccc1C(=O)OC. The van der Waals surface area contributed by atoms with Crippen molar-refractivity contribution in [1.29, 1.82) is 0 Å². The monoisotopic (exact) mass is 374 g/mol. The highest BCUT2D eigenvalue weighted by atomic mass is 32.1. The Labute approximate surface area is 155 Å². The maximum Gasteiger partial charge on any atom is 0.340 e.